The number of amides is 6. The molecule has 6 amide bonds. The molecule has 1 aliphatic heterocycles. The van der Waals surface area contributed by atoms with Crippen LogP contribution in [0.2, 0.25) is 0 Å². The first-order chi connectivity index (χ1) is 41.3. The molecule has 2 aliphatic rings. The molecular weight excluding hydrogens is 1230 g/mol. The first kappa shape index (κ1) is 60.9. The van der Waals surface area contributed by atoms with Crippen LogP contribution >= 0.6 is 68.0 Å². The molecule has 1 saturated carbocycles. The number of nitrogens with one attached hydrogen (secondary N) is 5. The van der Waals surface area contributed by atoms with Gasteiger partial charge in [-0.05, 0) is 43.4 Å². The van der Waals surface area contributed by atoms with E-state index in [9.17, 15) is 53.7 Å². The molecule has 8 heterocycles. The third-order valence-corrected chi connectivity index (χ3v) is 19.6. The van der Waals surface area contributed by atoms with Gasteiger partial charge in [-0.15, -0.1) is 68.0 Å². The first-order valence-corrected chi connectivity index (χ1v) is 31.6. The smallest absolute Gasteiger partial charge is 0.323 e. The van der Waals surface area contributed by atoms with Crippen molar-refractivity contribution >= 4 is 121 Å². The van der Waals surface area contributed by atoms with Gasteiger partial charge in [0, 0.05) is 52.0 Å². The SMILES string of the molecule is CNC(=O)C[C@@H]1NC(=O)c2csc(n2)-c2ccc(-c3nc(N(CC(=O)O)C(=O)C4CC(C(=O)O)C4)cs3)nc2-c2csc(n2)-c2csc(n2)[C@H]([C@@H](O)c2ccccc2)NC(=O)CNC(=O)c2nc(sc2COC)[C@H](C(C)C)NC(=O)c2nc1sc2C. The predicted molar refractivity (Wildman–Crippen MR) is 321 cm³/mol. The summed E-state index contributed by atoms with van der Waals surface area (Å²) in [6.07, 6.45) is -1.44. The van der Waals surface area contributed by atoms with Gasteiger partial charge in [0.05, 0.1) is 48.1 Å². The summed E-state index contributed by atoms with van der Waals surface area (Å²) in [6, 6.07) is 9.12. The lowest BCUT2D eigenvalue weighted by Crippen LogP contribution is -2.46. The average molecular weight is 1280 g/mol. The zero-order chi connectivity index (χ0) is 61.1. The van der Waals surface area contributed by atoms with E-state index in [1.54, 1.807) is 60.1 Å². The molecule has 1 aliphatic carbocycles. The number of hydrogen-bond donors (Lipinski definition) is 8. The number of carbonyl (C=O) groups excluding carboxylic acids is 6. The Hall–Kier alpha value is -8.17. The highest BCUT2D eigenvalue weighted by Crippen LogP contribution is 2.41. The number of carbonyl (C=O) groups is 8. The topological polar surface area (TPSA) is 360 Å². The van der Waals surface area contributed by atoms with Gasteiger partial charge in [0.2, 0.25) is 17.7 Å². The van der Waals surface area contributed by atoms with E-state index < -0.39 is 96.5 Å². The third kappa shape index (κ3) is 13.3. The number of ether oxygens (including phenoxy) is 1. The Morgan fingerprint density at radius 1 is 0.698 bits per heavy atom. The number of hydrogen-bond acceptors (Lipinski definition) is 23. The normalized spacial score (nSPS) is 18.6. The minimum atomic E-state index is -1.31. The summed E-state index contributed by atoms with van der Waals surface area (Å²) in [5.41, 5.74) is 2.15. The van der Waals surface area contributed by atoms with E-state index in [2.05, 4.69) is 41.5 Å². The molecule has 10 rings (SSSR count). The Morgan fingerprint density at radius 3 is 2.12 bits per heavy atom. The monoisotopic (exact) mass is 1280 g/mol. The number of pyridine rings is 1. The number of anilines is 1. The molecule has 0 spiro atoms. The van der Waals surface area contributed by atoms with E-state index in [-0.39, 0.29) is 70.4 Å². The zero-order valence-corrected chi connectivity index (χ0v) is 51.1. The van der Waals surface area contributed by atoms with Crippen LogP contribution in [0.3, 0.4) is 0 Å². The van der Waals surface area contributed by atoms with Crippen LogP contribution in [-0.4, -0.2) is 125 Å². The van der Waals surface area contributed by atoms with Gasteiger partial charge in [-0.1, -0.05) is 44.2 Å². The van der Waals surface area contributed by atoms with Crippen molar-refractivity contribution < 1.29 is 58.4 Å². The van der Waals surface area contributed by atoms with E-state index in [1.807, 2.05) is 13.8 Å². The van der Waals surface area contributed by atoms with E-state index in [0.29, 0.717) is 58.0 Å². The maximum atomic E-state index is 14.3. The molecule has 4 atom stereocenters. The summed E-state index contributed by atoms with van der Waals surface area (Å²) in [5, 5.41) is 53.7. The second-order valence-corrected chi connectivity index (χ2v) is 26.0. The minimum Gasteiger partial charge on any atom is -0.481 e. The standard InChI is InChI=1S/C55H53N13O12S6/c1-23(2)39-53-67-42(34(86-53)18-80-5)46(75)57-16-37(70)64-43(44(73)25-9-7-6-8-10-25)52-62-33(21-83-52)50-60-31(19-82-50)41-28(11-12-29(58-41)49-63-35(22-84-49)68(17-38(71)72)54(77)26-13-27(14-26)55(78)79)48-61-32(20-81-48)45(74)59-30(15-36(69)56-4)51-66-40(24(3)85-51)47(76)65-39/h6-12,19-23,26-27,30,39,43-44,73H,13-18H2,1-5H3,(H,56,69)(H,57,75)(H,59,74)(H,64,70)(H,65,76)(H,71,72)(H,78,79)/t26?,27?,30-,39-,43-,44-/m0/s1. The Bertz CT molecular complexity index is 3900. The molecular formula is C55H53N13O12S6. The van der Waals surface area contributed by atoms with E-state index in [1.165, 1.54) is 36.3 Å². The number of aromatic nitrogens is 7. The highest BCUT2D eigenvalue weighted by Gasteiger charge is 2.42. The molecule has 8 aromatic rings. The average Bonchev–Trinajstić information content (AvgIpc) is 2.07. The van der Waals surface area contributed by atoms with E-state index in [0.717, 1.165) is 61.6 Å². The summed E-state index contributed by atoms with van der Waals surface area (Å²) >= 11 is 6.84. The second kappa shape index (κ2) is 26.2. The van der Waals surface area contributed by atoms with Crippen LogP contribution in [-0.2, 0) is 35.3 Å². The number of thiazole rings is 6. The van der Waals surface area contributed by atoms with E-state index in [4.69, 9.17) is 24.7 Å². The maximum absolute atomic E-state index is 14.3. The van der Waals surface area contributed by atoms with Crippen LogP contribution in [0.5, 0.6) is 0 Å². The van der Waals surface area contributed by atoms with Crippen molar-refractivity contribution in [2.24, 2.45) is 17.8 Å². The van der Waals surface area contributed by atoms with Crippen LogP contribution in [0, 0.1) is 24.7 Å². The van der Waals surface area contributed by atoms with Crippen LogP contribution in [0.4, 0.5) is 5.82 Å². The Kier molecular flexibility index (Phi) is 18.6. The molecule has 1 aromatic carbocycles. The van der Waals surface area contributed by atoms with Crippen LogP contribution in [0.1, 0.15) is 119 Å². The number of carboxylic acids is 2. The fraction of sp³-hybridized carbons (Fsp3) is 0.327. The lowest BCUT2D eigenvalue weighted by Gasteiger charge is -2.34. The summed E-state index contributed by atoms with van der Waals surface area (Å²) in [6.45, 7) is 4.15. The Labute approximate surface area is 513 Å². The number of fused-ring (bicyclic) bond motifs is 14. The van der Waals surface area contributed by atoms with Crippen molar-refractivity contribution in [1.29, 1.82) is 0 Å². The van der Waals surface area contributed by atoms with Gasteiger partial charge in [0.1, 0.15) is 88.7 Å². The largest absolute Gasteiger partial charge is 0.481 e. The van der Waals surface area contributed by atoms with Gasteiger partial charge in [0.25, 0.3) is 17.7 Å². The summed E-state index contributed by atoms with van der Waals surface area (Å²) in [5.74, 6) is -7.58. The lowest BCUT2D eigenvalue weighted by atomic mass is 9.74. The molecule has 25 nitrogen and oxygen atoms in total. The lowest BCUT2D eigenvalue weighted by molar-refractivity contribution is -0.148. The number of benzene rings is 1. The van der Waals surface area contributed by atoms with Gasteiger partial charge in [-0.3, -0.25) is 43.3 Å². The Balaban J connectivity index is 1.05. The molecule has 86 heavy (non-hydrogen) atoms. The fourth-order valence-corrected chi connectivity index (χ4v) is 14.9. The summed E-state index contributed by atoms with van der Waals surface area (Å²) < 4.78 is 5.44. The summed E-state index contributed by atoms with van der Waals surface area (Å²) in [7, 11) is 2.91. The van der Waals surface area contributed by atoms with Crippen LogP contribution in [0.25, 0.3) is 43.4 Å². The Morgan fingerprint density at radius 2 is 1.40 bits per heavy atom. The molecule has 0 saturated heterocycles. The number of aliphatic hydroxyl groups is 1. The minimum absolute atomic E-state index is 0.0155. The van der Waals surface area contributed by atoms with Crippen LogP contribution in [0.15, 0.2) is 64.0 Å². The fourth-order valence-electron chi connectivity index (χ4n) is 9.35. The van der Waals surface area contributed by atoms with Gasteiger partial charge in [0.15, 0.2) is 0 Å². The number of aryl methyl sites for hydroxylation is 1. The number of methoxy groups -OCH3 is 1. The molecule has 8 N–H and O–H groups in total. The van der Waals surface area contributed by atoms with Gasteiger partial charge < -0.3 is 46.6 Å². The van der Waals surface area contributed by atoms with Crippen molar-refractivity contribution in [2.75, 3.05) is 32.1 Å². The number of nitrogens with zero attached hydrogens (tertiary/aromatic N) is 8. The predicted octanol–water partition coefficient (Wildman–Crippen LogP) is 6.84. The molecule has 0 radical (unpaired) electrons. The number of rotatable bonds is 13. The number of aliphatic hydroxyl groups excluding tert-OH is 1. The molecule has 0 unspecified atom stereocenters. The van der Waals surface area contributed by atoms with Crippen molar-refractivity contribution in [3.05, 3.63) is 111 Å². The van der Waals surface area contributed by atoms with Crippen LogP contribution < -0.4 is 31.5 Å². The van der Waals surface area contributed by atoms with Gasteiger partial charge >= 0.3 is 11.9 Å². The number of aliphatic carboxylic acids is 2. The first-order valence-electron chi connectivity index (χ1n) is 26.5. The molecule has 1 fully saturated rings. The van der Waals surface area contributed by atoms with Crippen molar-refractivity contribution in [1.82, 2.24) is 61.5 Å². The zero-order valence-electron chi connectivity index (χ0n) is 46.2. The van der Waals surface area contributed by atoms with Crippen molar-refractivity contribution in [3.8, 4) is 43.4 Å². The van der Waals surface area contributed by atoms with Gasteiger partial charge in [-0.25, -0.2) is 34.9 Å². The van der Waals surface area contributed by atoms with Crippen molar-refractivity contribution in [3.63, 3.8) is 0 Å². The number of carboxylic acid groups (broad SMARTS) is 2. The van der Waals surface area contributed by atoms with Gasteiger partial charge in [-0.2, -0.15) is 0 Å². The third-order valence-electron chi connectivity index (χ3n) is 13.9. The highest BCUT2D eigenvalue weighted by atomic mass is 32.1. The van der Waals surface area contributed by atoms with Crippen molar-refractivity contribution in [2.45, 2.75) is 70.9 Å². The summed E-state index contributed by atoms with van der Waals surface area (Å²) in [4.78, 5) is 142. The quantitative estimate of drug-likeness (QED) is 0.0585. The molecule has 10 bridgehead atoms. The molecule has 31 heteroatoms. The highest BCUT2D eigenvalue weighted by molar-refractivity contribution is 7.15. The molecule has 7 aromatic heterocycles. The molecule has 446 valence electrons. The maximum Gasteiger partial charge on any atom is 0.323 e. The van der Waals surface area contributed by atoms with E-state index >= 15 is 0 Å². The second-order valence-electron chi connectivity index (χ2n) is 20.2.